The van der Waals surface area contributed by atoms with E-state index in [-0.39, 0.29) is 18.4 Å². The number of hydrogen-bond donors (Lipinski definition) is 1. The van der Waals surface area contributed by atoms with Crippen molar-refractivity contribution < 1.29 is 9.53 Å². The lowest BCUT2D eigenvalue weighted by atomic mass is 10.0. The van der Waals surface area contributed by atoms with Crippen LogP contribution in [-0.2, 0) is 4.79 Å². The third-order valence-electron chi connectivity index (χ3n) is 3.96. The Morgan fingerprint density at radius 1 is 1.08 bits per heavy atom. The van der Waals surface area contributed by atoms with Gasteiger partial charge in [0, 0.05) is 6.54 Å². The average molecular weight is 390 g/mol. The van der Waals surface area contributed by atoms with E-state index < -0.39 is 0 Å². The maximum Gasteiger partial charge on any atom is 0.257 e. The topological polar surface area (TPSA) is 38.3 Å². The Morgan fingerprint density at radius 3 is 2.42 bits per heavy atom. The van der Waals surface area contributed by atoms with Gasteiger partial charge in [-0.2, -0.15) is 0 Å². The molecule has 2 aromatic carbocycles. The van der Waals surface area contributed by atoms with Crippen molar-refractivity contribution in [3.8, 4) is 5.75 Å². The van der Waals surface area contributed by atoms with Crippen molar-refractivity contribution >= 4 is 21.8 Å². The van der Waals surface area contributed by atoms with Gasteiger partial charge in [-0.15, -0.1) is 0 Å². The molecule has 0 bridgehead atoms. The molecule has 1 N–H and O–H groups in total. The normalized spacial score (nSPS) is 12.0. The Bertz CT molecular complexity index is 671. The summed E-state index contributed by atoms with van der Waals surface area (Å²) < 4.78 is 6.49. The predicted molar refractivity (Wildman–Crippen MR) is 102 cm³/mol. The smallest absolute Gasteiger partial charge is 0.257 e. The van der Waals surface area contributed by atoms with E-state index in [9.17, 15) is 4.79 Å². The summed E-state index contributed by atoms with van der Waals surface area (Å²) in [4.78, 5) is 12.0. The molecule has 3 nitrogen and oxygen atoms in total. The van der Waals surface area contributed by atoms with E-state index in [0.29, 0.717) is 18.2 Å². The zero-order valence-electron chi connectivity index (χ0n) is 14.4. The number of nitrogens with one attached hydrogen (secondary N) is 1. The fourth-order valence-corrected chi connectivity index (χ4v) is 2.86. The molecule has 0 saturated heterocycles. The minimum absolute atomic E-state index is 0.0150. The number of rotatable bonds is 7. The van der Waals surface area contributed by atoms with Gasteiger partial charge < -0.3 is 10.1 Å². The van der Waals surface area contributed by atoms with Gasteiger partial charge in [-0.05, 0) is 51.0 Å². The molecular weight excluding hydrogens is 366 g/mol. The van der Waals surface area contributed by atoms with Gasteiger partial charge in [-0.25, -0.2) is 0 Å². The van der Waals surface area contributed by atoms with Crippen molar-refractivity contribution in [2.24, 2.45) is 0 Å². The fraction of sp³-hybridized carbons (Fsp3) is 0.350. The summed E-state index contributed by atoms with van der Waals surface area (Å²) in [6.07, 6.45) is 0. The summed E-state index contributed by atoms with van der Waals surface area (Å²) in [6, 6.07) is 16.1. The Hall–Kier alpha value is -1.81. The van der Waals surface area contributed by atoms with Crippen LogP contribution in [0.2, 0.25) is 0 Å². The highest BCUT2D eigenvalue weighted by Crippen LogP contribution is 2.28. The lowest BCUT2D eigenvalue weighted by molar-refractivity contribution is -0.123. The van der Waals surface area contributed by atoms with Crippen LogP contribution in [-0.4, -0.2) is 19.1 Å². The molecule has 4 heteroatoms. The van der Waals surface area contributed by atoms with Crippen LogP contribution in [0.25, 0.3) is 0 Å². The van der Waals surface area contributed by atoms with Gasteiger partial charge in [0.2, 0.25) is 0 Å². The summed E-state index contributed by atoms with van der Waals surface area (Å²) in [6.45, 7) is 6.99. The van der Waals surface area contributed by atoms with Crippen molar-refractivity contribution in [1.29, 1.82) is 0 Å². The first-order chi connectivity index (χ1) is 11.5. The minimum Gasteiger partial charge on any atom is -0.483 e. The second-order valence-electron chi connectivity index (χ2n) is 6.25. The molecule has 1 atom stereocenters. The first-order valence-corrected chi connectivity index (χ1v) is 9.00. The maximum atomic E-state index is 12.0. The summed E-state index contributed by atoms with van der Waals surface area (Å²) in [7, 11) is 0. The summed E-state index contributed by atoms with van der Waals surface area (Å²) in [5.74, 6) is 1.30. The van der Waals surface area contributed by atoms with Crippen LogP contribution < -0.4 is 10.1 Å². The summed E-state index contributed by atoms with van der Waals surface area (Å²) >= 11 is 3.50. The minimum atomic E-state index is -0.113. The number of hydrogen-bond acceptors (Lipinski definition) is 2. The monoisotopic (exact) mass is 389 g/mol. The van der Waals surface area contributed by atoms with E-state index in [0.717, 1.165) is 4.47 Å². The van der Waals surface area contributed by atoms with E-state index >= 15 is 0 Å². The first-order valence-electron chi connectivity index (χ1n) is 8.21. The van der Waals surface area contributed by atoms with Crippen molar-refractivity contribution in [2.45, 2.75) is 32.6 Å². The van der Waals surface area contributed by atoms with Crippen molar-refractivity contribution in [1.82, 2.24) is 5.32 Å². The Balaban J connectivity index is 1.81. The Kier molecular flexibility index (Phi) is 6.85. The molecule has 128 valence electrons. The van der Waals surface area contributed by atoms with Gasteiger partial charge in [-0.1, -0.05) is 57.2 Å². The largest absolute Gasteiger partial charge is 0.483 e. The number of carbonyl (C=O) groups is 1. The molecule has 0 spiro atoms. The number of carbonyl (C=O) groups excluding carboxylic acids is 1. The Labute approximate surface area is 152 Å². The highest BCUT2D eigenvalue weighted by atomic mass is 79.9. The maximum absolute atomic E-state index is 12.0. The van der Waals surface area contributed by atoms with Crippen LogP contribution in [0.3, 0.4) is 0 Å². The lowest BCUT2D eigenvalue weighted by Crippen LogP contribution is -2.31. The average Bonchev–Trinajstić information content (AvgIpc) is 2.59. The molecule has 2 aromatic rings. The molecule has 1 amide bonds. The standard InChI is InChI=1S/C20H24BrNO2/c1-14(2)17-9-10-19(18(21)11-17)24-13-20(23)22-12-15(3)16-7-5-4-6-8-16/h4-11,14-15H,12-13H2,1-3H3,(H,22,23)/t15-/m1/s1. The number of ether oxygens (including phenoxy) is 1. The van der Waals surface area contributed by atoms with Crippen LogP contribution in [0.4, 0.5) is 0 Å². The molecule has 0 aliphatic carbocycles. The van der Waals surface area contributed by atoms with Crippen molar-refractivity contribution in [3.05, 3.63) is 64.1 Å². The third-order valence-corrected chi connectivity index (χ3v) is 4.58. The lowest BCUT2D eigenvalue weighted by Gasteiger charge is -2.14. The molecule has 0 aliphatic heterocycles. The molecule has 0 saturated carbocycles. The zero-order valence-corrected chi connectivity index (χ0v) is 16.0. The highest BCUT2D eigenvalue weighted by Gasteiger charge is 2.10. The number of amides is 1. The van der Waals surface area contributed by atoms with Gasteiger partial charge in [0.15, 0.2) is 6.61 Å². The second-order valence-corrected chi connectivity index (χ2v) is 7.10. The molecule has 0 radical (unpaired) electrons. The van der Waals surface area contributed by atoms with Crippen LogP contribution in [0.15, 0.2) is 53.0 Å². The molecule has 0 unspecified atom stereocenters. The van der Waals surface area contributed by atoms with Crippen molar-refractivity contribution in [3.63, 3.8) is 0 Å². The molecule has 2 rings (SSSR count). The predicted octanol–water partition coefficient (Wildman–Crippen LogP) is 4.87. The fourth-order valence-electron chi connectivity index (χ4n) is 2.35. The Morgan fingerprint density at radius 2 is 1.79 bits per heavy atom. The van der Waals surface area contributed by atoms with E-state index in [4.69, 9.17) is 4.74 Å². The molecule has 0 fully saturated rings. The third kappa shape index (κ3) is 5.38. The number of benzene rings is 2. The number of halogens is 1. The summed E-state index contributed by atoms with van der Waals surface area (Å²) in [5, 5.41) is 2.92. The van der Waals surface area contributed by atoms with Crippen LogP contribution in [0.5, 0.6) is 5.75 Å². The van der Waals surface area contributed by atoms with Gasteiger partial charge >= 0.3 is 0 Å². The quantitative estimate of drug-likeness (QED) is 0.733. The van der Waals surface area contributed by atoms with E-state index in [1.54, 1.807) is 0 Å². The van der Waals surface area contributed by atoms with Crippen LogP contribution in [0.1, 0.15) is 43.7 Å². The second kappa shape index (κ2) is 8.88. The van der Waals surface area contributed by atoms with E-state index in [1.165, 1.54) is 11.1 Å². The molecule has 24 heavy (non-hydrogen) atoms. The first kappa shape index (κ1) is 18.5. The van der Waals surface area contributed by atoms with Crippen LogP contribution >= 0.6 is 15.9 Å². The summed E-state index contributed by atoms with van der Waals surface area (Å²) in [5.41, 5.74) is 2.45. The molecular formula is C20H24BrNO2. The van der Waals surface area contributed by atoms with Gasteiger partial charge in [-0.3, -0.25) is 4.79 Å². The van der Waals surface area contributed by atoms with Gasteiger partial charge in [0.1, 0.15) is 5.75 Å². The molecule has 0 aliphatic rings. The van der Waals surface area contributed by atoms with Crippen LogP contribution in [0, 0.1) is 0 Å². The zero-order chi connectivity index (χ0) is 17.5. The van der Waals surface area contributed by atoms with Gasteiger partial charge in [0.05, 0.1) is 4.47 Å². The molecule has 0 aromatic heterocycles. The molecule has 0 heterocycles. The van der Waals surface area contributed by atoms with Crippen molar-refractivity contribution in [2.75, 3.05) is 13.2 Å². The van der Waals surface area contributed by atoms with Gasteiger partial charge in [0.25, 0.3) is 5.91 Å². The SMILES string of the molecule is CC(C)c1ccc(OCC(=O)NC[C@@H](C)c2ccccc2)c(Br)c1. The highest BCUT2D eigenvalue weighted by molar-refractivity contribution is 9.10. The van der Waals surface area contributed by atoms with E-state index in [1.807, 2.05) is 36.4 Å². The van der Waals surface area contributed by atoms with E-state index in [2.05, 4.69) is 54.2 Å².